The topological polar surface area (TPSA) is 35.6 Å². The molecule has 2 amide bonds. The van der Waals surface area contributed by atoms with Crippen LogP contribution in [0.5, 0.6) is 0 Å². The third-order valence-corrected chi connectivity index (χ3v) is 5.11. The van der Waals surface area contributed by atoms with E-state index in [1.165, 1.54) is 58.0 Å². The lowest BCUT2D eigenvalue weighted by atomic mass is 9.95. The first-order chi connectivity index (χ1) is 10.2. The highest BCUT2D eigenvalue weighted by Gasteiger charge is 2.21. The minimum absolute atomic E-state index is 0.119. The fraction of sp³-hybridized carbons (Fsp3) is 0.941. The molecule has 1 unspecified atom stereocenters. The Morgan fingerprint density at radius 3 is 2.67 bits per heavy atom. The second kappa shape index (κ2) is 8.62. The van der Waals surface area contributed by atoms with Gasteiger partial charge in [0, 0.05) is 26.2 Å². The Hall–Kier alpha value is -0.770. The number of carbonyl (C=O) groups excluding carboxylic acids is 1. The van der Waals surface area contributed by atoms with Crippen LogP contribution in [-0.4, -0.2) is 55.1 Å². The molecule has 1 aliphatic heterocycles. The van der Waals surface area contributed by atoms with Gasteiger partial charge in [-0.05, 0) is 51.1 Å². The van der Waals surface area contributed by atoms with Crippen LogP contribution >= 0.6 is 0 Å². The van der Waals surface area contributed by atoms with E-state index < -0.39 is 0 Å². The fourth-order valence-corrected chi connectivity index (χ4v) is 3.75. The van der Waals surface area contributed by atoms with Crippen molar-refractivity contribution in [1.82, 2.24) is 15.1 Å². The van der Waals surface area contributed by atoms with Crippen LogP contribution in [0.25, 0.3) is 0 Å². The zero-order valence-corrected chi connectivity index (χ0v) is 13.9. The van der Waals surface area contributed by atoms with Crippen LogP contribution in [0.3, 0.4) is 0 Å². The number of hydrogen-bond acceptors (Lipinski definition) is 2. The second-order valence-corrected chi connectivity index (χ2v) is 7.04. The average molecular weight is 295 g/mol. The van der Waals surface area contributed by atoms with Crippen molar-refractivity contribution >= 4 is 6.03 Å². The van der Waals surface area contributed by atoms with Gasteiger partial charge < -0.3 is 15.1 Å². The Bertz CT molecular complexity index is 315. The summed E-state index contributed by atoms with van der Waals surface area (Å²) in [6, 6.07) is 0.579. The van der Waals surface area contributed by atoms with Gasteiger partial charge in [-0.1, -0.05) is 26.2 Å². The van der Waals surface area contributed by atoms with E-state index in [-0.39, 0.29) is 6.03 Å². The molecule has 2 aliphatic rings. The molecule has 2 fully saturated rings. The maximum Gasteiger partial charge on any atom is 0.317 e. The Morgan fingerprint density at radius 1 is 1.19 bits per heavy atom. The van der Waals surface area contributed by atoms with Crippen molar-refractivity contribution < 1.29 is 4.79 Å². The summed E-state index contributed by atoms with van der Waals surface area (Å²) in [5, 5.41) is 3.09. The number of nitrogens with one attached hydrogen (secondary N) is 1. The van der Waals surface area contributed by atoms with Crippen LogP contribution < -0.4 is 5.32 Å². The standard InChI is InChI=1S/C17H33N3O/c1-15-8-6-12-20(14-15)13-7-11-18-17(21)19(2)16-9-4-3-5-10-16/h15-16H,3-14H2,1-2H3,(H,18,21). The van der Waals surface area contributed by atoms with Crippen molar-refractivity contribution in [2.45, 2.75) is 64.3 Å². The lowest BCUT2D eigenvalue weighted by molar-refractivity contribution is 0.168. The molecule has 1 N–H and O–H groups in total. The van der Waals surface area contributed by atoms with Gasteiger partial charge in [0.15, 0.2) is 0 Å². The van der Waals surface area contributed by atoms with Gasteiger partial charge in [-0.3, -0.25) is 0 Å². The van der Waals surface area contributed by atoms with Crippen LogP contribution in [0.2, 0.25) is 0 Å². The van der Waals surface area contributed by atoms with Crippen LogP contribution in [0.15, 0.2) is 0 Å². The first-order valence-corrected chi connectivity index (χ1v) is 8.90. The monoisotopic (exact) mass is 295 g/mol. The van der Waals surface area contributed by atoms with E-state index in [1.54, 1.807) is 0 Å². The predicted molar refractivity (Wildman–Crippen MR) is 87.5 cm³/mol. The van der Waals surface area contributed by atoms with Crippen molar-refractivity contribution in [2.24, 2.45) is 5.92 Å². The molecule has 0 aromatic heterocycles. The van der Waals surface area contributed by atoms with Gasteiger partial charge in [0.05, 0.1) is 0 Å². The summed E-state index contributed by atoms with van der Waals surface area (Å²) in [5.41, 5.74) is 0. The summed E-state index contributed by atoms with van der Waals surface area (Å²) in [4.78, 5) is 16.6. The Labute approximate surface area is 130 Å². The SMILES string of the molecule is CC1CCCN(CCCNC(=O)N(C)C2CCCCC2)C1. The number of rotatable bonds is 5. The quantitative estimate of drug-likeness (QED) is 0.791. The molecule has 1 heterocycles. The Kier molecular flexibility index (Phi) is 6.81. The molecule has 1 saturated carbocycles. The minimum atomic E-state index is 0.119. The van der Waals surface area contributed by atoms with Gasteiger partial charge >= 0.3 is 6.03 Å². The summed E-state index contributed by atoms with van der Waals surface area (Å²) < 4.78 is 0. The lowest BCUT2D eigenvalue weighted by Crippen LogP contribution is -2.45. The van der Waals surface area contributed by atoms with Crippen molar-refractivity contribution in [3.8, 4) is 0 Å². The van der Waals surface area contributed by atoms with E-state index in [0.29, 0.717) is 6.04 Å². The van der Waals surface area contributed by atoms with E-state index >= 15 is 0 Å². The van der Waals surface area contributed by atoms with Gasteiger partial charge in [0.1, 0.15) is 0 Å². The Morgan fingerprint density at radius 2 is 1.95 bits per heavy atom. The highest BCUT2D eigenvalue weighted by atomic mass is 16.2. The molecule has 0 spiro atoms. The molecule has 0 radical (unpaired) electrons. The second-order valence-electron chi connectivity index (χ2n) is 7.04. The summed E-state index contributed by atoms with van der Waals surface area (Å²) in [6.07, 6.45) is 10.0. The first-order valence-electron chi connectivity index (χ1n) is 8.90. The average Bonchev–Trinajstić information content (AvgIpc) is 2.51. The number of nitrogens with zero attached hydrogens (tertiary/aromatic N) is 2. The van der Waals surface area contributed by atoms with Crippen LogP contribution in [-0.2, 0) is 0 Å². The molecule has 0 bridgehead atoms. The normalized spacial score (nSPS) is 24.8. The fourth-order valence-electron chi connectivity index (χ4n) is 3.75. The van der Waals surface area contributed by atoms with Crippen LogP contribution in [0.1, 0.15) is 58.3 Å². The summed E-state index contributed by atoms with van der Waals surface area (Å²) >= 11 is 0. The largest absolute Gasteiger partial charge is 0.338 e. The number of hydrogen-bond donors (Lipinski definition) is 1. The van der Waals surface area contributed by atoms with Gasteiger partial charge in [0.2, 0.25) is 0 Å². The molecule has 1 saturated heterocycles. The zero-order valence-electron chi connectivity index (χ0n) is 13.9. The number of piperidine rings is 1. The third kappa shape index (κ3) is 5.50. The van der Waals surface area contributed by atoms with Gasteiger partial charge in [-0.15, -0.1) is 0 Å². The molecule has 4 heteroatoms. The van der Waals surface area contributed by atoms with E-state index in [2.05, 4.69) is 17.1 Å². The molecular weight excluding hydrogens is 262 g/mol. The van der Waals surface area contributed by atoms with E-state index in [0.717, 1.165) is 25.4 Å². The van der Waals surface area contributed by atoms with Gasteiger partial charge in [0.25, 0.3) is 0 Å². The van der Waals surface area contributed by atoms with E-state index in [9.17, 15) is 4.79 Å². The van der Waals surface area contributed by atoms with E-state index in [1.807, 2.05) is 11.9 Å². The van der Waals surface area contributed by atoms with Crippen molar-refractivity contribution in [1.29, 1.82) is 0 Å². The molecule has 122 valence electrons. The Balaban J connectivity index is 1.58. The molecule has 21 heavy (non-hydrogen) atoms. The molecule has 0 aromatic carbocycles. The van der Waals surface area contributed by atoms with Crippen molar-refractivity contribution in [2.75, 3.05) is 33.2 Å². The maximum absolute atomic E-state index is 12.1. The highest BCUT2D eigenvalue weighted by Crippen LogP contribution is 2.21. The van der Waals surface area contributed by atoms with Gasteiger partial charge in [-0.2, -0.15) is 0 Å². The molecular formula is C17H33N3O. The van der Waals surface area contributed by atoms with Crippen LogP contribution in [0, 0.1) is 5.92 Å². The number of urea groups is 1. The van der Waals surface area contributed by atoms with E-state index in [4.69, 9.17) is 0 Å². The molecule has 0 aromatic rings. The van der Waals surface area contributed by atoms with Crippen molar-refractivity contribution in [3.05, 3.63) is 0 Å². The minimum Gasteiger partial charge on any atom is -0.338 e. The predicted octanol–water partition coefficient (Wildman–Crippen LogP) is 3.08. The first kappa shape index (κ1) is 16.6. The zero-order chi connectivity index (χ0) is 15.1. The number of amides is 2. The summed E-state index contributed by atoms with van der Waals surface area (Å²) in [7, 11) is 1.96. The van der Waals surface area contributed by atoms with Crippen LogP contribution in [0.4, 0.5) is 4.79 Å². The molecule has 4 nitrogen and oxygen atoms in total. The number of likely N-dealkylation sites (tertiary alicyclic amines) is 1. The highest BCUT2D eigenvalue weighted by molar-refractivity contribution is 5.74. The molecule has 2 rings (SSSR count). The molecule has 1 aliphatic carbocycles. The number of carbonyl (C=O) groups is 1. The smallest absolute Gasteiger partial charge is 0.317 e. The summed E-state index contributed by atoms with van der Waals surface area (Å²) in [6.45, 7) is 6.74. The third-order valence-electron chi connectivity index (χ3n) is 5.11. The lowest BCUT2D eigenvalue weighted by Gasteiger charge is -2.32. The van der Waals surface area contributed by atoms with Gasteiger partial charge in [-0.25, -0.2) is 4.79 Å². The molecule has 1 atom stereocenters. The maximum atomic E-state index is 12.1. The summed E-state index contributed by atoms with van der Waals surface area (Å²) in [5.74, 6) is 0.839. The van der Waals surface area contributed by atoms with Crippen molar-refractivity contribution in [3.63, 3.8) is 0 Å².